The van der Waals surface area contributed by atoms with Crippen molar-refractivity contribution in [1.82, 2.24) is 4.90 Å². The molecule has 0 aliphatic carbocycles. The topological polar surface area (TPSA) is 46.3 Å². The maximum atomic E-state index is 12.0. The summed E-state index contributed by atoms with van der Waals surface area (Å²) in [6.45, 7) is 7.77. The Labute approximate surface area is 104 Å². The predicted molar refractivity (Wildman–Crippen MR) is 70.3 cm³/mol. The number of carbonyl (C=O) groups is 1. The number of benzene rings is 1. The van der Waals surface area contributed by atoms with E-state index in [0.29, 0.717) is 13.1 Å². The minimum atomic E-state index is 0.0417. The minimum absolute atomic E-state index is 0.0417. The van der Waals surface area contributed by atoms with Crippen molar-refractivity contribution < 1.29 is 4.79 Å². The molecule has 0 saturated heterocycles. The van der Waals surface area contributed by atoms with Gasteiger partial charge >= 0.3 is 0 Å². The van der Waals surface area contributed by atoms with Gasteiger partial charge in [-0.05, 0) is 18.1 Å². The first-order valence-electron chi connectivity index (χ1n) is 6.15. The highest BCUT2D eigenvalue weighted by atomic mass is 16.2. The quantitative estimate of drug-likeness (QED) is 0.848. The van der Waals surface area contributed by atoms with Gasteiger partial charge in [0.15, 0.2) is 0 Å². The van der Waals surface area contributed by atoms with E-state index in [0.717, 1.165) is 17.7 Å². The van der Waals surface area contributed by atoms with Gasteiger partial charge < -0.3 is 10.6 Å². The molecule has 0 bridgehead atoms. The Kier molecular flexibility index (Phi) is 5.16. The van der Waals surface area contributed by atoms with Crippen LogP contribution >= 0.6 is 0 Å². The average Bonchev–Trinajstić information content (AvgIpc) is 2.35. The van der Waals surface area contributed by atoms with Gasteiger partial charge in [0.25, 0.3) is 0 Å². The van der Waals surface area contributed by atoms with Crippen molar-refractivity contribution in [2.45, 2.75) is 33.9 Å². The van der Waals surface area contributed by atoms with Crippen LogP contribution in [-0.2, 0) is 17.9 Å². The van der Waals surface area contributed by atoms with Crippen molar-refractivity contribution in [3.05, 3.63) is 35.4 Å². The molecule has 0 unspecified atom stereocenters. The summed E-state index contributed by atoms with van der Waals surface area (Å²) in [6.07, 6.45) is 0. The monoisotopic (exact) mass is 234 g/mol. The van der Waals surface area contributed by atoms with Gasteiger partial charge in [0.2, 0.25) is 5.91 Å². The molecule has 1 aromatic carbocycles. The van der Waals surface area contributed by atoms with Crippen LogP contribution in [0.1, 0.15) is 31.9 Å². The number of hydrogen-bond acceptors (Lipinski definition) is 2. The molecule has 1 rings (SSSR count). The van der Waals surface area contributed by atoms with Crippen LogP contribution in [0, 0.1) is 5.92 Å². The van der Waals surface area contributed by atoms with Crippen LogP contribution in [0.4, 0.5) is 0 Å². The third-order valence-corrected chi connectivity index (χ3v) is 2.89. The van der Waals surface area contributed by atoms with Gasteiger partial charge in [-0.1, -0.05) is 38.1 Å². The fourth-order valence-electron chi connectivity index (χ4n) is 1.83. The maximum Gasteiger partial charge on any atom is 0.225 e. The Morgan fingerprint density at radius 2 is 1.88 bits per heavy atom. The van der Waals surface area contributed by atoms with Gasteiger partial charge in [0.1, 0.15) is 0 Å². The summed E-state index contributed by atoms with van der Waals surface area (Å²) in [5, 5.41) is 0. The lowest BCUT2D eigenvalue weighted by Gasteiger charge is -2.24. The van der Waals surface area contributed by atoms with E-state index in [1.54, 1.807) is 0 Å². The molecule has 17 heavy (non-hydrogen) atoms. The molecular weight excluding hydrogens is 212 g/mol. The van der Waals surface area contributed by atoms with Gasteiger partial charge in [-0.2, -0.15) is 0 Å². The lowest BCUT2D eigenvalue weighted by Crippen LogP contribution is -2.33. The second-order valence-electron chi connectivity index (χ2n) is 4.48. The molecule has 0 radical (unpaired) electrons. The third kappa shape index (κ3) is 3.56. The van der Waals surface area contributed by atoms with Crippen LogP contribution in [0.15, 0.2) is 24.3 Å². The molecule has 0 aliphatic rings. The molecule has 3 nitrogen and oxygen atoms in total. The summed E-state index contributed by atoms with van der Waals surface area (Å²) >= 11 is 0. The zero-order chi connectivity index (χ0) is 12.8. The largest absolute Gasteiger partial charge is 0.338 e. The van der Waals surface area contributed by atoms with Crippen molar-refractivity contribution in [2.75, 3.05) is 6.54 Å². The number of hydrogen-bond donors (Lipinski definition) is 1. The second kappa shape index (κ2) is 6.40. The number of amides is 1. The van der Waals surface area contributed by atoms with E-state index in [4.69, 9.17) is 5.73 Å². The van der Waals surface area contributed by atoms with Gasteiger partial charge in [0, 0.05) is 25.6 Å². The lowest BCUT2D eigenvalue weighted by molar-refractivity contribution is -0.134. The van der Waals surface area contributed by atoms with E-state index < -0.39 is 0 Å². The Bertz CT molecular complexity index is 374. The van der Waals surface area contributed by atoms with Crippen LogP contribution in [-0.4, -0.2) is 17.4 Å². The second-order valence-corrected chi connectivity index (χ2v) is 4.48. The minimum Gasteiger partial charge on any atom is -0.338 e. The average molecular weight is 234 g/mol. The molecule has 1 aromatic rings. The van der Waals surface area contributed by atoms with Crippen molar-refractivity contribution in [3.63, 3.8) is 0 Å². The molecular formula is C14H22N2O. The smallest absolute Gasteiger partial charge is 0.225 e. The molecule has 0 atom stereocenters. The molecule has 0 aromatic heterocycles. The Morgan fingerprint density at radius 1 is 1.29 bits per heavy atom. The highest BCUT2D eigenvalue weighted by Gasteiger charge is 2.16. The zero-order valence-corrected chi connectivity index (χ0v) is 10.9. The molecule has 2 N–H and O–H groups in total. The van der Waals surface area contributed by atoms with E-state index >= 15 is 0 Å². The van der Waals surface area contributed by atoms with Crippen molar-refractivity contribution in [2.24, 2.45) is 11.7 Å². The van der Waals surface area contributed by atoms with Crippen LogP contribution in [0.5, 0.6) is 0 Å². The van der Waals surface area contributed by atoms with Gasteiger partial charge in [-0.15, -0.1) is 0 Å². The highest BCUT2D eigenvalue weighted by molar-refractivity contribution is 5.78. The summed E-state index contributed by atoms with van der Waals surface area (Å²) in [6, 6.07) is 8.02. The Morgan fingerprint density at radius 3 is 2.35 bits per heavy atom. The number of nitrogens with zero attached hydrogens (tertiary/aromatic N) is 1. The van der Waals surface area contributed by atoms with Crippen LogP contribution in [0.3, 0.4) is 0 Å². The van der Waals surface area contributed by atoms with Crippen LogP contribution < -0.4 is 5.73 Å². The van der Waals surface area contributed by atoms with Crippen molar-refractivity contribution in [3.8, 4) is 0 Å². The Hall–Kier alpha value is -1.35. The lowest BCUT2D eigenvalue weighted by atomic mass is 10.1. The van der Waals surface area contributed by atoms with E-state index in [2.05, 4.69) is 0 Å². The fraction of sp³-hybridized carbons (Fsp3) is 0.500. The summed E-state index contributed by atoms with van der Waals surface area (Å²) < 4.78 is 0. The number of nitrogens with two attached hydrogens (primary N) is 1. The molecule has 3 heteroatoms. The molecule has 0 spiro atoms. The van der Waals surface area contributed by atoms with Gasteiger partial charge in [-0.3, -0.25) is 4.79 Å². The molecule has 94 valence electrons. The standard InChI is InChI=1S/C14H22N2O/c1-4-16(14(17)11(2)3)10-13-8-6-5-7-12(13)9-15/h5-8,11H,4,9-10,15H2,1-3H3. The van der Waals surface area contributed by atoms with E-state index in [1.165, 1.54) is 0 Å². The van der Waals surface area contributed by atoms with E-state index in [-0.39, 0.29) is 11.8 Å². The number of rotatable bonds is 5. The summed E-state index contributed by atoms with van der Waals surface area (Å²) in [4.78, 5) is 13.8. The van der Waals surface area contributed by atoms with E-state index in [9.17, 15) is 4.79 Å². The maximum absolute atomic E-state index is 12.0. The van der Waals surface area contributed by atoms with Crippen molar-refractivity contribution >= 4 is 5.91 Å². The molecule has 0 heterocycles. The Balaban J connectivity index is 2.84. The van der Waals surface area contributed by atoms with E-state index in [1.807, 2.05) is 49.9 Å². The summed E-state index contributed by atoms with van der Waals surface area (Å²) in [7, 11) is 0. The molecule has 0 saturated carbocycles. The first-order chi connectivity index (χ1) is 8.10. The SMILES string of the molecule is CCN(Cc1ccccc1CN)C(=O)C(C)C. The van der Waals surface area contributed by atoms with Gasteiger partial charge in [-0.25, -0.2) is 0 Å². The zero-order valence-electron chi connectivity index (χ0n) is 10.9. The first-order valence-corrected chi connectivity index (χ1v) is 6.15. The van der Waals surface area contributed by atoms with Gasteiger partial charge in [0.05, 0.1) is 0 Å². The third-order valence-electron chi connectivity index (χ3n) is 2.89. The highest BCUT2D eigenvalue weighted by Crippen LogP contribution is 2.13. The number of carbonyl (C=O) groups excluding carboxylic acids is 1. The molecule has 1 amide bonds. The first kappa shape index (κ1) is 13.7. The predicted octanol–water partition coefficient (Wildman–Crippen LogP) is 2.15. The summed E-state index contributed by atoms with van der Waals surface area (Å²) in [5.41, 5.74) is 7.96. The van der Waals surface area contributed by atoms with Crippen molar-refractivity contribution in [1.29, 1.82) is 0 Å². The molecule has 0 fully saturated rings. The fourth-order valence-corrected chi connectivity index (χ4v) is 1.83. The van der Waals surface area contributed by atoms with Crippen LogP contribution in [0.25, 0.3) is 0 Å². The normalized spacial score (nSPS) is 10.6. The summed E-state index contributed by atoms with van der Waals surface area (Å²) in [5.74, 6) is 0.235. The van der Waals surface area contributed by atoms with Crippen LogP contribution in [0.2, 0.25) is 0 Å². The molecule has 0 aliphatic heterocycles.